The Hall–Kier alpha value is -2.16. The van der Waals surface area contributed by atoms with Crippen molar-refractivity contribution in [1.82, 2.24) is 4.98 Å². The number of nitrogens with zero attached hydrogens (tertiary/aromatic N) is 1. The van der Waals surface area contributed by atoms with E-state index in [9.17, 15) is 4.79 Å². The standard InChI is InChI=1S/C23H30N2O/c1-23(2,3)22(26)15-21-20(24-4)13-12-19(25-21)18-11-7-10-17(14-18)16-8-5-6-9-16/h7,10-14,16,24H,5-6,8-9,15H2,1-4H3. The van der Waals surface area contributed by atoms with Gasteiger partial charge < -0.3 is 5.32 Å². The summed E-state index contributed by atoms with van der Waals surface area (Å²) in [5.74, 6) is 0.895. The largest absolute Gasteiger partial charge is 0.387 e. The summed E-state index contributed by atoms with van der Waals surface area (Å²) >= 11 is 0. The number of nitrogens with one attached hydrogen (secondary N) is 1. The Morgan fingerprint density at radius 3 is 2.54 bits per heavy atom. The summed E-state index contributed by atoms with van der Waals surface area (Å²) in [7, 11) is 1.88. The fraction of sp³-hybridized carbons (Fsp3) is 0.478. The fourth-order valence-electron chi connectivity index (χ4n) is 3.65. The van der Waals surface area contributed by atoms with Crippen LogP contribution < -0.4 is 5.32 Å². The highest BCUT2D eigenvalue weighted by Crippen LogP contribution is 2.35. The van der Waals surface area contributed by atoms with Crippen LogP contribution in [0.3, 0.4) is 0 Å². The Labute approximate surface area is 157 Å². The average molecular weight is 351 g/mol. The van der Waals surface area contributed by atoms with Crippen molar-refractivity contribution in [3.05, 3.63) is 47.7 Å². The topological polar surface area (TPSA) is 42.0 Å². The molecule has 1 aliphatic rings. The number of hydrogen-bond donors (Lipinski definition) is 1. The van der Waals surface area contributed by atoms with Crippen LogP contribution in [0.15, 0.2) is 36.4 Å². The summed E-state index contributed by atoms with van der Waals surface area (Å²) in [6, 6.07) is 12.9. The Morgan fingerprint density at radius 2 is 1.88 bits per heavy atom. The van der Waals surface area contributed by atoms with Gasteiger partial charge in [-0.3, -0.25) is 9.78 Å². The van der Waals surface area contributed by atoms with Crippen molar-refractivity contribution < 1.29 is 4.79 Å². The van der Waals surface area contributed by atoms with Gasteiger partial charge in [0.1, 0.15) is 5.78 Å². The Kier molecular flexibility index (Phi) is 5.45. The lowest BCUT2D eigenvalue weighted by Crippen LogP contribution is -2.23. The zero-order chi connectivity index (χ0) is 18.7. The second kappa shape index (κ2) is 7.61. The molecule has 0 amide bonds. The second-order valence-corrected chi connectivity index (χ2v) is 8.40. The van der Waals surface area contributed by atoms with E-state index in [1.807, 2.05) is 40.0 Å². The normalized spacial score (nSPS) is 15.2. The molecule has 3 rings (SSSR count). The van der Waals surface area contributed by atoms with Gasteiger partial charge in [-0.2, -0.15) is 0 Å². The van der Waals surface area contributed by atoms with Gasteiger partial charge in [0, 0.05) is 18.0 Å². The molecule has 0 aliphatic heterocycles. The Bertz CT molecular complexity index is 783. The van der Waals surface area contributed by atoms with Crippen LogP contribution in [0.2, 0.25) is 0 Å². The summed E-state index contributed by atoms with van der Waals surface area (Å²) < 4.78 is 0. The summed E-state index contributed by atoms with van der Waals surface area (Å²) in [5.41, 5.74) is 4.91. The van der Waals surface area contributed by atoms with E-state index in [1.54, 1.807) is 0 Å². The predicted molar refractivity (Wildman–Crippen MR) is 109 cm³/mol. The van der Waals surface area contributed by atoms with Crippen molar-refractivity contribution in [3.63, 3.8) is 0 Å². The molecule has 1 N–H and O–H groups in total. The summed E-state index contributed by atoms with van der Waals surface area (Å²) in [6.07, 6.45) is 5.61. The van der Waals surface area contributed by atoms with Crippen LogP contribution >= 0.6 is 0 Å². The SMILES string of the molecule is CNc1ccc(-c2cccc(C3CCCC3)c2)nc1CC(=O)C(C)(C)C. The summed E-state index contributed by atoms with van der Waals surface area (Å²) in [6.45, 7) is 5.88. The molecular formula is C23H30N2O. The third-order valence-electron chi connectivity index (χ3n) is 5.42. The first kappa shape index (κ1) is 18.6. The van der Waals surface area contributed by atoms with E-state index in [0.717, 1.165) is 22.6 Å². The van der Waals surface area contributed by atoms with Crippen molar-refractivity contribution in [2.45, 2.75) is 58.8 Å². The highest BCUT2D eigenvalue weighted by molar-refractivity contribution is 5.86. The number of carbonyl (C=O) groups is 1. The van der Waals surface area contributed by atoms with Crippen LogP contribution in [0.25, 0.3) is 11.3 Å². The minimum atomic E-state index is -0.356. The van der Waals surface area contributed by atoms with Crippen LogP contribution in [-0.2, 0) is 11.2 Å². The van der Waals surface area contributed by atoms with Gasteiger partial charge in [0.05, 0.1) is 23.5 Å². The number of pyridine rings is 1. The van der Waals surface area contributed by atoms with Crippen molar-refractivity contribution in [2.24, 2.45) is 5.41 Å². The quantitative estimate of drug-likeness (QED) is 0.762. The molecule has 3 nitrogen and oxygen atoms in total. The molecule has 0 atom stereocenters. The van der Waals surface area contributed by atoms with Crippen molar-refractivity contribution in [2.75, 3.05) is 12.4 Å². The summed E-state index contributed by atoms with van der Waals surface area (Å²) in [4.78, 5) is 17.4. The van der Waals surface area contributed by atoms with E-state index in [1.165, 1.54) is 31.2 Å². The zero-order valence-electron chi connectivity index (χ0n) is 16.4. The molecule has 3 heteroatoms. The minimum absolute atomic E-state index is 0.207. The first-order valence-corrected chi connectivity index (χ1v) is 9.70. The smallest absolute Gasteiger partial charge is 0.144 e. The van der Waals surface area contributed by atoms with Crippen LogP contribution in [0.4, 0.5) is 5.69 Å². The van der Waals surface area contributed by atoms with Crippen molar-refractivity contribution in [1.29, 1.82) is 0 Å². The molecule has 1 heterocycles. The van der Waals surface area contributed by atoms with Crippen molar-refractivity contribution in [3.8, 4) is 11.3 Å². The summed E-state index contributed by atoms with van der Waals surface area (Å²) in [5, 5.41) is 3.17. The molecular weight excluding hydrogens is 320 g/mol. The highest BCUT2D eigenvalue weighted by Gasteiger charge is 2.23. The van der Waals surface area contributed by atoms with Gasteiger partial charge in [-0.05, 0) is 42.5 Å². The Morgan fingerprint density at radius 1 is 1.15 bits per heavy atom. The number of Topliss-reactive ketones (excluding diaryl/α,β-unsaturated/α-hetero) is 1. The number of benzene rings is 1. The lowest BCUT2D eigenvalue weighted by atomic mass is 9.88. The van der Waals surface area contributed by atoms with Crippen LogP contribution in [0.5, 0.6) is 0 Å². The van der Waals surface area contributed by atoms with Gasteiger partial charge in [-0.1, -0.05) is 51.8 Å². The van der Waals surface area contributed by atoms with Gasteiger partial charge in [0.2, 0.25) is 0 Å². The lowest BCUT2D eigenvalue weighted by Gasteiger charge is -2.18. The third-order valence-corrected chi connectivity index (χ3v) is 5.42. The molecule has 138 valence electrons. The van der Waals surface area contributed by atoms with Gasteiger partial charge in [0.15, 0.2) is 0 Å². The number of carbonyl (C=O) groups excluding carboxylic acids is 1. The molecule has 0 radical (unpaired) electrons. The number of rotatable bonds is 5. The molecule has 0 bridgehead atoms. The van der Waals surface area contributed by atoms with E-state index in [0.29, 0.717) is 12.3 Å². The lowest BCUT2D eigenvalue weighted by molar-refractivity contribution is -0.125. The number of hydrogen-bond acceptors (Lipinski definition) is 3. The first-order chi connectivity index (χ1) is 12.4. The van der Waals surface area contributed by atoms with E-state index in [-0.39, 0.29) is 11.2 Å². The first-order valence-electron chi connectivity index (χ1n) is 9.70. The maximum Gasteiger partial charge on any atom is 0.144 e. The van der Waals surface area contributed by atoms with Gasteiger partial charge in [-0.25, -0.2) is 0 Å². The van der Waals surface area contributed by atoms with E-state index >= 15 is 0 Å². The van der Waals surface area contributed by atoms with E-state index in [2.05, 4.69) is 29.6 Å². The molecule has 1 fully saturated rings. The molecule has 0 saturated heterocycles. The molecule has 1 saturated carbocycles. The van der Waals surface area contributed by atoms with E-state index in [4.69, 9.17) is 4.98 Å². The van der Waals surface area contributed by atoms with Crippen LogP contribution in [-0.4, -0.2) is 17.8 Å². The molecule has 1 aromatic heterocycles. The molecule has 1 aliphatic carbocycles. The molecule has 1 aromatic carbocycles. The van der Waals surface area contributed by atoms with Crippen LogP contribution in [0.1, 0.15) is 63.6 Å². The maximum atomic E-state index is 12.5. The molecule has 0 unspecified atom stereocenters. The van der Waals surface area contributed by atoms with Gasteiger partial charge in [-0.15, -0.1) is 0 Å². The number of anilines is 1. The predicted octanol–water partition coefficient (Wildman–Crippen LogP) is 5.61. The molecule has 26 heavy (non-hydrogen) atoms. The third kappa shape index (κ3) is 4.14. The number of aromatic nitrogens is 1. The molecule has 2 aromatic rings. The van der Waals surface area contributed by atoms with E-state index < -0.39 is 0 Å². The highest BCUT2D eigenvalue weighted by atomic mass is 16.1. The number of ketones is 1. The zero-order valence-corrected chi connectivity index (χ0v) is 16.4. The van der Waals surface area contributed by atoms with Gasteiger partial charge in [0.25, 0.3) is 0 Å². The fourth-order valence-corrected chi connectivity index (χ4v) is 3.65. The maximum absolute atomic E-state index is 12.5. The molecule has 0 spiro atoms. The monoisotopic (exact) mass is 350 g/mol. The van der Waals surface area contributed by atoms with Crippen molar-refractivity contribution >= 4 is 11.5 Å². The average Bonchev–Trinajstić information content (AvgIpc) is 3.15. The van der Waals surface area contributed by atoms with Crippen LogP contribution in [0, 0.1) is 5.41 Å². The minimum Gasteiger partial charge on any atom is -0.387 e. The Balaban J connectivity index is 1.92. The van der Waals surface area contributed by atoms with Gasteiger partial charge >= 0.3 is 0 Å². The second-order valence-electron chi connectivity index (χ2n) is 8.40.